The molecule has 0 fully saturated rings. The van der Waals surface area contributed by atoms with Crippen molar-refractivity contribution in [2.75, 3.05) is 40.9 Å². The summed E-state index contributed by atoms with van der Waals surface area (Å²) in [5.41, 5.74) is 12.0. The number of nitrogens with one attached hydrogen (secondary N) is 1. The summed E-state index contributed by atoms with van der Waals surface area (Å²) in [4.78, 5) is 88.5. The van der Waals surface area contributed by atoms with Crippen LogP contribution >= 0.6 is 0 Å². The van der Waals surface area contributed by atoms with Gasteiger partial charge in [-0.1, -0.05) is 305 Å². The lowest BCUT2D eigenvalue weighted by Crippen LogP contribution is -2.30. The first kappa shape index (κ1) is 104. The summed E-state index contributed by atoms with van der Waals surface area (Å²) in [6.45, 7) is 4.37. The van der Waals surface area contributed by atoms with Crippen LogP contribution in [0.15, 0.2) is 381 Å². The zero-order valence-corrected chi connectivity index (χ0v) is 81.4. The highest BCUT2D eigenvalue weighted by atomic mass is 32.2. The molecule has 0 radical (unpaired) electrons. The molecule has 0 heterocycles. The highest BCUT2D eigenvalue weighted by molar-refractivity contribution is 7.90. The number of rotatable bonds is 41. The van der Waals surface area contributed by atoms with Crippen LogP contribution in [0.3, 0.4) is 0 Å². The lowest BCUT2D eigenvalue weighted by Gasteiger charge is -2.21. The average Bonchev–Trinajstić information content (AvgIpc) is 0.788. The van der Waals surface area contributed by atoms with Crippen LogP contribution in [0.4, 0.5) is 0 Å². The molecule has 20 nitrogen and oxygen atoms in total. The molecule has 4 N–H and O–H groups in total. The number of esters is 1. The van der Waals surface area contributed by atoms with Gasteiger partial charge in [-0.2, -0.15) is 0 Å². The highest BCUT2D eigenvalue weighted by Gasteiger charge is 2.24. The number of unbranched alkanes of at least 4 members (excludes halogenated alkanes) is 3. The Kier molecular flexibility index (Phi) is 38.5. The van der Waals surface area contributed by atoms with Crippen molar-refractivity contribution in [1.29, 1.82) is 0 Å². The van der Waals surface area contributed by atoms with Gasteiger partial charge in [0.2, 0.25) is 17.7 Å². The number of fused-ring (bicyclic) bond motifs is 4. The Hall–Kier alpha value is -16.5. The van der Waals surface area contributed by atoms with Gasteiger partial charge in [0.15, 0.2) is 0 Å². The number of nitrogens with zero attached hydrogens (tertiary/aromatic N) is 2. The zero-order valence-electron chi connectivity index (χ0n) is 80.6. The van der Waals surface area contributed by atoms with Crippen LogP contribution in [0.5, 0.6) is 34.5 Å². The smallest absolute Gasteiger partial charge is 0.337 e. The number of aromatic carboxylic acids is 1. The molecule has 16 rings (SSSR count). The molecule has 0 aliphatic rings. The highest BCUT2D eigenvalue weighted by Crippen LogP contribution is 2.39. The van der Waals surface area contributed by atoms with Crippen LogP contribution in [-0.2, 0) is 90.3 Å². The van der Waals surface area contributed by atoms with Gasteiger partial charge in [0.25, 0.3) is 10.0 Å². The number of amides is 3. The van der Waals surface area contributed by atoms with Crippen LogP contribution in [0.2, 0.25) is 0 Å². The minimum atomic E-state index is -3.87. The van der Waals surface area contributed by atoms with Gasteiger partial charge in [-0.15, -0.1) is 0 Å². The maximum absolute atomic E-state index is 13.2. The largest absolute Gasteiger partial charge is 0.493 e. The molecule has 16 aromatic carbocycles. The van der Waals surface area contributed by atoms with Gasteiger partial charge < -0.3 is 48.8 Å². The second kappa shape index (κ2) is 53.0. The first-order valence-electron chi connectivity index (χ1n) is 47.9. The first-order valence-corrected chi connectivity index (χ1v) is 49.3. The SMILES string of the molecule is CCc1ccc(/C=C/CCCCOc2cc(C(=O)O)cc3c(OCc4ccccc4)cccc23)cc1.CN(CCc1ccccc1)C(=O)Cc1cc(/C=C/C(=O)O)cc2c(Oc3ccccc3)cccc12.CN(CCc1ccccc1)C(=O)Cc1ccc(CC(CCCCC(=O)NS(=O)(=O)c2ccccc2)c2ccccc2)c2ccccc12.COC(=O)c1cc(CC(=O)O)c2cccc(Oc3ccccc3)c2c1. The van der Waals surface area contributed by atoms with Crippen molar-refractivity contribution in [3.63, 3.8) is 0 Å². The van der Waals surface area contributed by atoms with Crippen LogP contribution in [0.1, 0.15) is 140 Å². The van der Waals surface area contributed by atoms with Crippen molar-refractivity contribution in [3.8, 4) is 34.5 Å². The number of methoxy groups -OCH3 is 1. The molecular formula is C122H117N3O17S. The van der Waals surface area contributed by atoms with E-state index in [4.69, 9.17) is 28.8 Å². The number of carbonyl (C=O) groups is 7. The summed E-state index contributed by atoms with van der Waals surface area (Å²) < 4.78 is 56.2. The van der Waals surface area contributed by atoms with Gasteiger partial charge in [0.05, 0.1) is 49.0 Å². The Morgan fingerprint density at radius 1 is 0.406 bits per heavy atom. The molecule has 0 aliphatic heterocycles. The van der Waals surface area contributed by atoms with E-state index >= 15 is 0 Å². The van der Waals surface area contributed by atoms with Crippen LogP contribution in [-0.4, -0.2) is 116 Å². The summed E-state index contributed by atoms with van der Waals surface area (Å²) in [5.74, 6) is 0.0454. The monoisotopic (exact) mass is 1930 g/mol. The number of carboxylic acids is 3. The van der Waals surface area contributed by atoms with E-state index in [1.54, 1.807) is 59.5 Å². The van der Waals surface area contributed by atoms with Gasteiger partial charge >= 0.3 is 23.9 Å². The number of carbonyl (C=O) groups excluding carboxylic acids is 4. The second-order valence-corrected chi connectivity index (χ2v) is 36.3. The topological polar surface area (TPSA) is 279 Å². The number of hydrogen-bond donors (Lipinski definition) is 4. The molecule has 0 saturated carbocycles. The number of sulfonamides is 1. The maximum atomic E-state index is 13.2. The van der Waals surface area contributed by atoms with E-state index in [0.717, 1.165) is 118 Å². The van der Waals surface area contributed by atoms with Crippen LogP contribution < -0.4 is 23.7 Å². The number of allylic oxidation sites excluding steroid dienone is 1. The number of aliphatic carboxylic acids is 2. The van der Waals surface area contributed by atoms with Crippen LogP contribution in [0, 0.1) is 0 Å². The number of carboxylic acid groups (broad SMARTS) is 3. The van der Waals surface area contributed by atoms with E-state index in [0.29, 0.717) is 90.2 Å². The minimum Gasteiger partial charge on any atom is -0.493 e. The molecule has 3 amide bonds. The summed E-state index contributed by atoms with van der Waals surface area (Å²) in [6, 6.07) is 115. The van der Waals surface area contributed by atoms with E-state index in [9.17, 15) is 52.2 Å². The molecule has 0 saturated heterocycles. The third kappa shape index (κ3) is 31.2. The summed E-state index contributed by atoms with van der Waals surface area (Å²) >= 11 is 0. The molecule has 0 aromatic heterocycles. The number of benzene rings is 16. The van der Waals surface area contributed by atoms with Gasteiger partial charge in [-0.25, -0.2) is 27.5 Å². The van der Waals surface area contributed by atoms with Crippen molar-refractivity contribution < 1.29 is 81.0 Å². The number of hydrogen-bond acceptors (Lipinski definition) is 14. The molecule has 0 aliphatic carbocycles. The molecule has 728 valence electrons. The Morgan fingerprint density at radius 2 is 0.888 bits per heavy atom. The van der Waals surface area contributed by atoms with E-state index in [1.165, 1.54) is 58.7 Å². The number of aryl methyl sites for hydroxylation is 1. The first-order chi connectivity index (χ1) is 69.5. The van der Waals surface area contributed by atoms with E-state index < -0.39 is 39.8 Å². The average molecular weight is 1930 g/mol. The quantitative estimate of drug-likeness (QED) is 0.0157. The molecule has 0 bridgehead atoms. The lowest BCUT2D eigenvalue weighted by molar-refractivity contribution is -0.136. The number of para-hydroxylation sites is 2. The Bertz CT molecular complexity index is 7160. The number of ether oxygens (including phenoxy) is 5. The number of likely N-dealkylation sites (N-methyl/N-ethyl adjacent to an activating group) is 2. The predicted octanol–water partition coefficient (Wildman–Crippen LogP) is 25.4. The standard InChI is InChI=1S/C40H42N2O4S.C32H32O4.C30H27NO4.C20H16O5/c1-42(28-27-31-15-5-2-6-16-31)40(44)30-35-26-25-34(37-22-12-13-23-38(35)37)29-33(32-17-7-3-8-18-32)19-11-14-24-39(43)41-47(45,46)36-20-9-4-10-21-36;1-2-24-16-18-25(19-17-24)11-6-3-4-9-20-35-31-22-27(32(33)34)21-29-28(31)14-10-15-30(29)36-23-26-12-7-5-8-13-26;1-31(18-17-22-9-4-2-5-10-22)29(32)21-24-19-23(15-16-30(33)34)20-27-26(24)13-8-14-28(27)35-25-11-6-3-7-12-25;1-24-20(23)14-10-13(12-19(21)22)16-8-5-9-18(17(16)11-14)25-15-6-3-2-4-7-15/h2-10,12-13,15-18,20-23,25-26,33H,11,14,19,24,27-30H2,1H3,(H,41,43);5-8,10-19,21-22H,2-4,9,20,23H2,1H3,(H,33,34);2-16,19-20H,17-18,21H2,1H3,(H,33,34);2-11H,12H2,1H3,(H,21,22)/b;11-6+;16-15+;. The van der Waals surface area contributed by atoms with Crippen LogP contribution in [0.25, 0.3) is 55.2 Å². The summed E-state index contributed by atoms with van der Waals surface area (Å²) in [5, 5.41) is 34.9. The van der Waals surface area contributed by atoms with Crippen molar-refractivity contribution in [2.45, 2.75) is 114 Å². The van der Waals surface area contributed by atoms with Crippen molar-refractivity contribution in [3.05, 3.63) is 448 Å². The normalized spacial score (nSPS) is 11.3. The Morgan fingerprint density at radius 3 is 1.45 bits per heavy atom. The predicted molar refractivity (Wildman–Crippen MR) is 566 cm³/mol. The fourth-order valence-corrected chi connectivity index (χ4v) is 17.8. The molecule has 16 aromatic rings. The third-order valence-electron chi connectivity index (χ3n) is 24.4. The molecule has 1 atom stereocenters. The van der Waals surface area contributed by atoms with E-state index in [-0.39, 0.29) is 53.0 Å². The molecule has 1 unspecified atom stereocenters. The third-order valence-corrected chi connectivity index (χ3v) is 25.8. The van der Waals surface area contributed by atoms with Gasteiger partial charge in [-0.05, 0) is 237 Å². The summed E-state index contributed by atoms with van der Waals surface area (Å²) in [7, 11) is 1.10. The van der Waals surface area contributed by atoms with Crippen molar-refractivity contribution in [2.24, 2.45) is 0 Å². The minimum absolute atomic E-state index is 0.00373. The molecular weight excluding hydrogens is 1810 g/mol. The van der Waals surface area contributed by atoms with Gasteiger partial charge in [-0.3, -0.25) is 19.2 Å². The lowest BCUT2D eigenvalue weighted by atomic mass is 9.85. The fourth-order valence-electron chi connectivity index (χ4n) is 16.7. The van der Waals surface area contributed by atoms with Crippen molar-refractivity contribution >= 4 is 107 Å². The molecule has 0 spiro atoms. The fraction of sp³-hybridized carbons (Fsp3) is 0.189. The van der Waals surface area contributed by atoms with E-state index in [1.807, 2.05) is 231 Å². The molecule has 21 heteroatoms. The summed E-state index contributed by atoms with van der Waals surface area (Å²) in [6.07, 6.45) is 16.0. The van der Waals surface area contributed by atoms with Gasteiger partial charge in [0, 0.05) is 61.2 Å². The Labute approximate surface area is 835 Å². The van der Waals surface area contributed by atoms with Crippen molar-refractivity contribution in [1.82, 2.24) is 14.5 Å². The molecule has 143 heavy (non-hydrogen) atoms. The van der Waals surface area contributed by atoms with E-state index in [2.05, 4.69) is 109 Å². The second-order valence-electron chi connectivity index (χ2n) is 34.6. The maximum Gasteiger partial charge on any atom is 0.337 e. The van der Waals surface area contributed by atoms with Gasteiger partial charge in [0.1, 0.15) is 41.1 Å². The Balaban J connectivity index is 0.000000163. The zero-order chi connectivity index (χ0) is 101.